The minimum absolute atomic E-state index is 0.292. The van der Waals surface area contributed by atoms with Crippen molar-refractivity contribution in [2.45, 2.75) is 57.8 Å². The van der Waals surface area contributed by atoms with Crippen LogP contribution < -0.4 is 10.4 Å². The first kappa shape index (κ1) is 15.7. The Labute approximate surface area is 132 Å². The average Bonchev–Trinajstić information content (AvgIpc) is 2.68. The first-order valence-electron chi connectivity index (χ1n) is 7.89. The smallest absolute Gasteiger partial charge is 0.399 e. The highest BCUT2D eigenvalue weighted by atomic mass is 16.7. The molecule has 3 heterocycles. The van der Waals surface area contributed by atoms with Crippen molar-refractivity contribution in [3.8, 4) is 0 Å². The van der Waals surface area contributed by atoms with E-state index in [2.05, 4.69) is 9.97 Å². The number of hydrogen-bond acceptors (Lipinski definition) is 6. The van der Waals surface area contributed by atoms with Gasteiger partial charge in [0.2, 0.25) is 5.95 Å². The first-order chi connectivity index (χ1) is 10.3. The second kappa shape index (κ2) is 5.47. The summed E-state index contributed by atoms with van der Waals surface area (Å²) in [4.78, 5) is 10.9. The van der Waals surface area contributed by atoms with E-state index in [1.807, 2.05) is 32.6 Å². The molecule has 0 unspecified atom stereocenters. The van der Waals surface area contributed by atoms with Gasteiger partial charge >= 0.3 is 7.12 Å². The van der Waals surface area contributed by atoms with Crippen molar-refractivity contribution in [3.63, 3.8) is 0 Å². The molecule has 0 aliphatic carbocycles. The van der Waals surface area contributed by atoms with E-state index in [0.29, 0.717) is 12.5 Å². The maximum Gasteiger partial charge on any atom is 0.498 e. The topological polar surface area (TPSA) is 67.7 Å². The molecule has 1 N–H and O–H groups in total. The predicted molar refractivity (Wildman–Crippen MR) is 85.2 cm³/mol. The van der Waals surface area contributed by atoms with Crippen molar-refractivity contribution in [1.82, 2.24) is 9.97 Å². The van der Waals surface area contributed by atoms with Crippen molar-refractivity contribution in [2.75, 3.05) is 18.0 Å². The van der Waals surface area contributed by atoms with Gasteiger partial charge in [-0.25, -0.2) is 9.97 Å². The number of aliphatic hydroxyl groups is 1. The molecule has 0 aromatic carbocycles. The number of β-amino-alcohol motifs (C(OH)–C–C–N with tert-alkyl or cyclic N) is 1. The third-order valence-corrected chi connectivity index (χ3v) is 4.86. The molecule has 2 aliphatic heterocycles. The highest BCUT2D eigenvalue weighted by Crippen LogP contribution is 2.36. The molecule has 0 saturated carbocycles. The Morgan fingerprint density at radius 1 is 1.18 bits per heavy atom. The van der Waals surface area contributed by atoms with Crippen LogP contribution in [0, 0.1) is 0 Å². The molecule has 1 aromatic heterocycles. The molecular weight excluding hydrogens is 281 g/mol. The van der Waals surface area contributed by atoms with Crippen LogP contribution in [0.3, 0.4) is 0 Å². The van der Waals surface area contributed by atoms with Crippen molar-refractivity contribution in [3.05, 3.63) is 12.4 Å². The van der Waals surface area contributed by atoms with E-state index in [4.69, 9.17) is 9.31 Å². The van der Waals surface area contributed by atoms with Crippen LogP contribution in [0.1, 0.15) is 40.5 Å². The van der Waals surface area contributed by atoms with Crippen LogP contribution in [-0.4, -0.2) is 52.6 Å². The third kappa shape index (κ3) is 2.85. The Balaban J connectivity index is 1.72. The molecule has 0 bridgehead atoms. The number of hydrogen-bond donors (Lipinski definition) is 1. The maximum absolute atomic E-state index is 9.75. The minimum Gasteiger partial charge on any atom is -0.399 e. The zero-order valence-corrected chi connectivity index (χ0v) is 13.7. The Bertz CT molecular complexity index is 519. The molecule has 120 valence electrons. The zero-order chi connectivity index (χ0) is 16.0. The van der Waals surface area contributed by atoms with Gasteiger partial charge in [-0.3, -0.25) is 0 Å². The largest absolute Gasteiger partial charge is 0.498 e. The fraction of sp³-hybridized carbons (Fsp3) is 0.733. The van der Waals surface area contributed by atoms with E-state index in [-0.39, 0.29) is 17.3 Å². The van der Waals surface area contributed by atoms with Crippen LogP contribution in [0.4, 0.5) is 5.95 Å². The zero-order valence-electron chi connectivity index (χ0n) is 13.7. The van der Waals surface area contributed by atoms with E-state index in [0.717, 1.165) is 24.8 Å². The van der Waals surface area contributed by atoms with Crippen LogP contribution in [0.2, 0.25) is 0 Å². The summed E-state index contributed by atoms with van der Waals surface area (Å²) in [5.41, 5.74) is 0.0839. The summed E-state index contributed by atoms with van der Waals surface area (Å²) in [5.74, 6) is 0.652. The summed E-state index contributed by atoms with van der Waals surface area (Å²) in [6.45, 7) is 9.58. The monoisotopic (exact) mass is 305 g/mol. The molecule has 2 aliphatic rings. The molecule has 1 atom stereocenters. The summed E-state index contributed by atoms with van der Waals surface area (Å²) < 4.78 is 12.0. The van der Waals surface area contributed by atoms with Crippen molar-refractivity contribution in [1.29, 1.82) is 0 Å². The lowest BCUT2D eigenvalue weighted by Gasteiger charge is -2.32. The molecule has 3 rings (SSSR count). The fourth-order valence-electron chi connectivity index (χ4n) is 2.73. The number of aromatic nitrogens is 2. The van der Waals surface area contributed by atoms with E-state index in [1.165, 1.54) is 0 Å². The minimum atomic E-state index is -0.439. The molecular formula is C15H24BN3O3. The van der Waals surface area contributed by atoms with Crippen LogP contribution in [0.25, 0.3) is 0 Å². The molecule has 22 heavy (non-hydrogen) atoms. The highest BCUT2D eigenvalue weighted by molar-refractivity contribution is 6.61. The summed E-state index contributed by atoms with van der Waals surface area (Å²) in [7, 11) is -0.439. The number of rotatable bonds is 2. The lowest BCUT2D eigenvalue weighted by Crippen LogP contribution is -2.41. The Morgan fingerprint density at radius 3 is 2.32 bits per heavy atom. The molecule has 0 amide bonds. The van der Waals surface area contributed by atoms with Crippen LogP contribution in [0.5, 0.6) is 0 Å². The fourth-order valence-corrected chi connectivity index (χ4v) is 2.73. The maximum atomic E-state index is 9.75. The number of aliphatic hydroxyl groups excluding tert-OH is 1. The number of anilines is 1. The van der Waals surface area contributed by atoms with Crippen LogP contribution in [0.15, 0.2) is 12.4 Å². The normalized spacial score (nSPS) is 27.2. The molecule has 1 aromatic rings. The molecule has 2 fully saturated rings. The van der Waals surface area contributed by atoms with Crippen molar-refractivity contribution in [2.24, 2.45) is 0 Å². The molecule has 7 heteroatoms. The lowest BCUT2D eigenvalue weighted by molar-refractivity contribution is 0.00578. The van der Waals surface area contributed by atoms with E-state index >= 15 is 0 Å². The van der Waals surface area contributed by atoms with Crippen molar-refractivity contribution >= 4 is 18.5 Å². The molecule has 2 saturated heterocycles. The SMILES string of the molecule is CC1(C)OB(c2cnc(N3CCC[C@@H](O)C3)nc2)OC1(C)C. The van der Waals surface area contributed by atoms with Gasteiger partial charge in [-0.15, -0.1) is 0 Å². The second-order valence-corrected chi connectivity index (χ2v) is 7.15. The number of piperidine rings is 1. The van der Waals surface area contributed by atoms with Gasteiger partial charge in [-0.1, -0.05) is 0 Å². The van der Waals surface area contributed by atoms with E-state index in [9.17, 15) is 5.11 Å². The standard InChI is InChI=1S/C15H24BN3O3/c1-14(2)15(3,4)22-16(21-14)11-8-17-13(18-9-11)19-7-5-6-12(20)10-19/h8-9,12,20H,5-7,10H2,1-4H3/t12-/m1/s1. The predicted octanol–water partition coefficient (Wildman–Crippen LogP) is 0.737. The molecule has 0 radical (unpaired) electrons. The van der Waals surface area contributed by atoms with E-state index in [1.54, 1.807) is 12.4 Å². The Morgan fingerprint density at radius 2 is 1.77 bits per heavy atom. The van der Waals surface area contributed by atoms with Crippen LogP contribution in [-0.2, 0) is 9.31 Å². The average molecular weight is 305 g/mol. The lowest BCUT2D eigenvalue weighted by atomic mass is 9.81. The summed E-state index contributed by atoms with van der Waals surface area (Å²) in [6.07, 6.45) is 5.03. The Hall–Kier alpha value is -1.18. The van der Waals surface area contributed by atoms with Gasteiger partial charge in [0.15, 0.2) is 0 Å². The third-order valence-electron chi connectivity index (χ3n) is 4.86. The van der Waals surface area contributed by atoms with Gasteiger partial charge in [-0.05, 0) is 40.5 Å². The summed E-state index contributed by atoms with van der Waals surface area (Å²) in [5, 5.41) is 9.75. The van der Waals surface area contributed by atoms with E-state index < -0.39 is 7.12 Å². The van der Waals surface area contributed by atoms with Gasteiger partial charge < -0.3 is 19.3 Å². The van der Waals surface area contributed by atoms with Gasteiger partial charge in [0.05, 0.1) is 17.3 Å². The van der Waals surface area contributed by atoms with Gasteiger partial charge in [0, 0.05) is 30.9 Å². The quantitative estimate of drug-likeness (QED) is 0.813. The number of nitrogens with zero attached hydrogens (tertiary/aromatic N) is 3. The Kier molecular flexibility index (Phi) is 3.91. The van der Waals surface area contributed by atoms with Crippen LogP contribution >= 0.6 is 0 Å². The second-order valence-electron chi connectivity index (χ2n) is 7.15. The van der Waals surface area contributed by atoms with Gasteiger partial charge in [0.25, 0.3) is 0 Å². The summed E-state index contributed by atoms with van der Waals surface area (Å²) in [6, 6.07) is 0. The van der Waals surface area contributed by atoms with Gasteiger partial charge in [0.1, 0.15) is 0 Å². The summed E-state index contributed by atoms with van der Waals surface area (Å²) >= 11 is 0. The molecule has 6 nitrogen and oxygen atoms in total. The van der Waals surface area contributed by atoms with Gasteiger partial charge in [-0.2, -0.15) is 0 Å². The highest BCUT2D eigenvalue weighted by Gasteiger charge is 2.51. The molecule has 0 spiro atoms. The first-order valence-corrected chi connectivity index (χ1v) is 7.89. The van der Waals surface area contributed by atoms with Crippen molar-refractivity contribution < 1.29 is 14.4 Å².